The average molecular weight is 611 g/mol. The molecular formula is C37H42O6Si. The van der Waals surface area contributed by atoms with Gasteiger partial charge < -0.3 is 18.0 Å². The monoisotopic (exact) mass is 610 g/mol. The first kappa shape index (κ1) is 31.5. The summed E-state index contributed by atoms with van der Waals surface area (Å²) in [6.07, 6.45) is 4.13. The maximum absolute atomic E-state index is 14.0. The summed E-state index contributed by atoms with van der Waals surface area (Å²) < 4.78 is 24.2. The van der Waals surface area contributed by atoms with Crippen molar-refractivity contribution in [1.82, 2.24) is 0 Å². The number of benzene rings is 3. The summed E-state index contributed by atoms with van der Waals surface area (Å²) >= 11 is 0. The van der Waals surface area contributed by atoms with Crippen LogP contribution in [-0.4, -0.2) is 27.3 Å². The highest BCUT2D eigenvalue weighted by Crippen LogP contribution is 2.41. The lowest BCUT2D eigenvalue weighted by Crippen LogP contribution is -2.40. The Hall–Kier alpha value is -3.94. The largest absolute Gasteiger partial charge is 0.494 e. The minimum Gasteiger partial charge on any atom is -0.494 e. The molecule has 7 heteroatoms. The number of rotatable bonds is 12. The minimum atomic E-state index is -1.69. The van der Waals surface area contributed by atoms with Crippen molar-refractivity contribution in [2.45, 2.75) is 71.5 Å². The van der Waals surface area contributed by atoms with E-state index in [-0.39, 0.29) is 16.6 Å². The number of unbranched alkanes of at least 4 members (excludes halogenated alkanes) is 3. The summed E-state index contributed by atoms with van der Waals surface area (Å²) in [5, 5.41) is 1.64. The molecule has 0 N–H and O–H groups in total. The van der Waals surface area contributed by atoms with Gasteiger partial charge in [-0.2, -0.15) is 0 Å². The van der Waals surface area contributed by atoms with Crippen molar-refractivity contribution in [2.24, 2.45) is 0 Å². The molecule has 0 spiro atoms. The Bertz CT molecular complexity index is 1820. The van der Waals surface area contributed by atoms with Crippen molar-refractivity contribution in [2.75, 3.05) is 13.2 Å². The van der Waals surface area contributed by atoms with E-state index in [1.165, 1.54) is 6.07 Å². The van der Waals surface area contributed by atoms with Crippen LogP contribution in [0, 0.1) is 6.92 Å². The zero-order chi connectivity index (χ0) is 31.5. The second-order valence-electron chi connectivity index (χ2n) is 13.0. The Morgan fingerprint density at radius 3 is 2.30 bits per heavy atom. The van der Waals surface area contributed by atoms with Gasteiger partial charge in [0.2, 0.25) is 5.78 Å². The van der Waals surface area contributed by atoms with Crippen LogP contribution in [0.1, 0.15) is 68.1 Å². The maximum atomic E-state index is 14.0. The van der Waals surface area contributed by atoms with Gasteiger partial charge in [-0.05, 0) is 79.7 Å². The molecule has 0 amide bonds. The smallest absolute Gasteiger partial charge is 0.336 e. The van der Waals surface area contributed by atoms with Gasteiger partial charge in [-0.15, -0.1) is 0 Å². The van der Waals surface area contributed by atoms with E-state index in [0.717, 1.165) is 48.8 Å². The molecule has 44 heavy (non-hydrogen) atoms. The first-order chi connectivity index (χ1) is 21.0. The van der Waals surface area contributed by atoms with E-state index < -0.39 is 13.9 Å². The van der Waals surface area contributed by atoms with Crippen LogP contribution in [-0.2, 0) is 4.43 Å². The topological polar surface area (TPSA) is 78.9 Å². The van der Waals surface area contributed by atoms with E-state index in [1.807, 2.05) is 61.5 Å². The van der Waals surface area contributed by atoms with Gasteiger partial charge in [0, 0.05) is 29.2 Å². The van der Waals surface area contributed by atoms with Crippen LogP contribution in [0.3, 0.4) is 0 Å². The number of hydrogen-bond acceptors (Lipinski definition) is 6. The third kappa shape index (κ3) is 6.74. The number of carbonyl (C=O) groups excluding carboxylic acids is 1. The van der Waals surface area contributed by atoms with Gasteiger partial charge in [-0.3, -0.25) is 4.79 Å². The Morgan fingerprint density at radius 1 is 0.841 bits per heavy atom. The highest BCUT2D eigenvalue weighted by molar-refractivity contribution is 6.74. The van der Waals surface area contributed by atoms with Gasteiger partial charge in [-0.1, -0.05) is 69.7 Å². The number of ether oxygens (including phenoxy) is 1. The lowest BCUT2D eigenvalue weighted by molar-refractivity contribution is 0.101. The number of hydrogen-bond donors (Lipinski definition) is 0. The highest BCUT2D eigenvalue weighted by Gasteiger charge is 2.36. The number of furan rings is 1. The summed E-state index contributed by atoms with van der Waals surface area (Å²) in [6.45, 7) is 14.6. The molecular weight excluding hydrogens is 568 g/mol. The first-order valence-electron chi connectivity index (χ1n) is 15.4. The van der Waals surface area contributed by atoms with Crippen molar-refractivity contribution in [3.63, 3.8) is 0 Å². The average Bonchev–Trinajstić information content (AvgIpc) is 3.38. The van der Waals surface area contributed by atoms with Gasteiger partial charge >= 0.3 is 5.63 Å². The molecule has 2 heterocycles. The molecule has 3 aromatic carbocycles. The van der Waals surface area contributed by atoms with Crippen molar-refractivity contribution in [3.8, 4) is 16.9 Å². The SMILES string of the molecule is Cc1cc(=O)oc2c1ccc1oc(C(=O)c3cccc(OCCCCCCO[Si](C)(C)C(C)(C)C)c3)c(-c3ccccc3)c12. The highest BCUT2D eigenvalue weighted by atomic mass is 28.4. The van der Waals surface area contributed by atoms with E-state index in [4.69, 9.17) is 18.0 Å². The van der Waals surface area contributed by atoms with Crippen LogP contribution in [0.15, 0.2) is 86.4 Å². The number of ketones is 1. The van der Waals surface area contributed by atoms with E-state index in [2.05, 4.69) is 33.9 Å². The van der Waals surface area contributed by atoms with Gasteiger partial charge in [0.1, 0.15) is 16.9 Å². The predicted octanol–water partition coefficient (Wildman–Crippen LogP) is 9.71. The van der Waals surface area contributed by atoms with E-state index >= 15 is 0 Å². The number of fused-ring (bicyclic) bond motifs is 3. The molecule has 5 rings (SSSR count). The van der Waals surface area contributed by atoms with Gasteiger partial charge in [0.25, 0.3) is 0 Å². The Labute approximate surface area is 260 Å². The lowest BCUT2D eigenvalue weighted by atomic mass is 9.96. The summed E-state index contributed by atoms with van der Waals surface area (Å²) in [5.74, 6) is 0.567. The second kappa shape index (κ2) is 13.0. The van der Waals surface area contributed by atoms with Crippen LogP contribution < -0.4 is 10.4 Å². The summed E-state index contributed by atoms with van der Waals surface area (Å²) in [5.41, 5.74) is 3.12. The fraction of sp³-hybridized carbons (Fsp3) is 0.351. The predicted molar refractivity (Wildman–Crippen MR) is 179 cm³/mol. The van der Waals surface area contributed by atoms with E-state index in [1.54, 1.807) is 12.1 Å². The molecule has 5 aromatic rings. The maximum Gasteiger partial charge on any atom is 0.336 e. The molecule has 0 atom stereocenters. The zero-order valence-corrected chi connectivity index (χ0v) is 27.6. The molecule has 2 aromatic heterocycles. The van der Waals surface area contributed by atoms with Crippen molar-refractivity contribution in [3.05, 3.63) is 100 Å². The van der Waals surface area contributed by atoms with Crippen LogP contribution >= 0.6 is 0 Å². The van der Waals surface area contributed by atoms with Crippen molar-refractivity contribution >= 4 is 36.0 Å². The van der Waals surface area contributed by atoms with Crippen LogP contribution in [0.25, 0.3) is 33.1 Å². The van der Waals surface area contributed by atoms with Crippen LogP contribution in [0.2, 0.25) is 18.1 Å². The molecule has 0 saturated carbocycles. The third-order valence-corrected chi connectivity index (χ3v) is 13.2. The standard InChI is InChI=1S/C37H42O6Si/c1-25-23-31(38)43-35-29(25)19-20-30-33(35)32(26-15-10-9-11-16-26)36(42-30)34(39)27-17-14-18-28(24-27)40-21-12-7-8-13-22-41-44(5,6)37(2,3)4/h9-11,14-20,23-24H,7-8,12-13,21-22H2,1-6H3. The normalized spacial score (nSPS) is 12.2. The summed E-state index contributed by atoms with van der Waals surface area (Å²) in [7, 11) is -1.69. The molecule has 6 nitrogen and oxygen atoms in total. The molecule has 0 aliphatic rings. The Morgan fingerprint density at radius 2 is 1.57 bits per heavy atom. The number of carbonyl (C=O) groups is 1. The third-order valence-electron chi connectivity index (χ3n) is 8.71. The van der Waals surface area contributed by atoms with E-state index in [9.17, 15) is 9.59 Å². The second-order valence-corrected chi connectivity index (χ2v) is 17.8. The van der Waals surface area contributed by atoms with Gasteiger partial charge in [0.05, 0.1) is 12.0 Å². The molecule has 0 saturated heterocycles. The number of aryl methyl sites for hydroxylation is 1. The lowest BCUT2D eigenvalue weighted by Gasteiger charge is -2.36. The first-order valence-corrected chi connectivity index (χ1v) is 18.3. The molecule has 0 radical (unpaired) electrons. The molecule has 230 valence electrons. The Kier molecular flexibility index (Phi) is 9.28. The molecule has 0 fully saturated rings. The van der Waals surface area contributed by atoms with E-state index in [0.29, 0.717) is 40.0 Å². The fourth-order valence-corrected chi connectivity index (χ4v) is 6.24. The fourth-order valence-electron chi connectivity index (χ4n) is 5.15. The zero-order valence-electron chi connectivity index (χ0n) is 26.6. The quantitative estimate of drug-likeness (QED) is 0.0606. The van der Waals surface area contributed by atoms with Crippen LogP contribution in [0.5, 0.6) is 5.75 Å². The van der Waals surface area contributed by atoms with Crippen LogP contribution in [0.4, 0.5) is 0 Å². The minimum absolute atomic E-state index is 0.194. The summed E-state index contributed by atoms with van der Waals surface area (Å²) in [4.78, 5) is 26.3. The van der Waals surface area contributed by atoms with Gasteiger partial charge in [-0.25, -0.2) is 4.79 Å². The molecule has 0 aliphatic carbocycles. The molecule has 0 unspecified atom stereocenters. The van der Waals surface area contributed by atoms with Gasteiger partial charge in [0.15, 0.2) is 14.1 Å². The van der Waals surface area contributed by atoms with Crippen molar-refractivity contribution in [1.29, 1.82) is 0 Å². The molecule has 0 aliphatic heterocycles. The Balaban J connectivity index is 1.31. The molecule has 0 bridgehead atoms. The summed E-state index contributed by atoms with van der Waals surface area (Å²) in [6, 6.07) is 22.0. The van der Waals surface area contributed by atoms with Crippen molar-refractivity contribution < 1.29 is 22.8 Å².